The van der Waals surface area contributed by atoms with Crippen LogP contribution >= 0.6 is 0 Å². The van der Waals surface area contributed by atoms with E-state index in [0.29, 0.717) is 30.1 Å². The molecule has 1 amide bonds. The van der Waals surface area contributed by atoms with E-state index in [0.717, 1.165) is 6.42 Å². The van der Waals surface area contributed by atoms with Crippen LogP contribution in [0.15, 0.2) is 24.3 Å². The summed E-state index contributed by atoms with van der Waals surface area (Å²) in [6.45, 7) is 4.02. The van der Waals surface area contributed by atoms with Crippen LogP contribution in [-0.4, -0.2) is 57.7 Å². The summed E-state index contributed by atoms with van der Waals surface area (Å²) < 4.78 is 38.9. The fourth-order valence-corrected chi connectivity index (χ4v) is 4.45. The van der Waals surface area contributed by atoms with Crippen LogP contribution in [0.2, 0.25) is 0 Å². The van der Waals surface area contributed by atoms with Gasteiger partial charge >= 0.3 is 5.97 Å². The van der Waals surface area contributed by atoms with Crippen LogP contribution in [0.25, 0.3) is 6.08 Å². The first kappa shape index (κ1) is 22.7. The molecule has 1 N–H and O–H groups in total. The van der Waals surface area contributed by atoms with Crippen LogP contribution in [0.4, 0.5) is 0 Å². The van der Waals surface area contributed by atoms with Gasteiger partial charge in [-0.1, -0.05) is 13.0 Å². The third-order valence-electron chi connectivity index (χ3n) is 4.30. The summed E-state index contributed by atoms with van der Waals surface area (Å²) in [5.74, 6) is -0.0638. The first-order chi connectivity index (χ1) is 13.7. The lowest BCUT2D eigenvalue weighted by Gasteiger charge is -2.15. The fourth-order valence-electron chi connectivity index (χ4n) is 2.78. The minimum Gasteiger partial charge on any atom is -0.493 e. The van der Waals surface area contributed by atoms with Crippen LogP contribution in [0.5, 0.6) is 11.5 Å². The van der Waals surface area contributed by atoms with Gasteiger partial charge in [-0.2, -0.15) is 0 Å². The van der Waals surface area contributed by atoms with E-state index in [-0.39, 0.29) is 11.5 Å². The molecule has 29 heavy (non-hydrogen) atoms. The number of amides is 1. The number of nitrogens with one attached hydrogen (secondary N) is 1. The molecule has 9 heteroatoms. The van der Waals surface area contributed by atoms with Gasteiger partial charge in [-0.05, 0) is 43.5 Å². The summed E-state index contributed by atoms with van der Waals surface area (Å²) >= 11 is 0. The highest BCUT2D eigenvalue weighted by atomic mass is 32.2. The number of sulfone groups is 1. The van der Waals surface area contributed by atoms with E-state index in [1.165, 1.54) is 20.1 Å². The smallest absolute Gasteiger partial charge is 0.331 e. The van der Waals surface area contributed by atoms with Crippen molar-refractivity contribution < 1.29 is 32.2 Å². The van der Waals surface area contributed by atoms with E-state index in [4.69, 9.17) is 14.2 Å². The monoisotopic (exact) mass is 425 g/mol. The van der Waals surface area contributed by atoms with Crippen LogP contribution < -0.4 is 14.8 Å². The van der Waals surface area contributed by atoms with E-state index in [2.05, 4.69) is 5.32 Å². The van der Waals surface area contributed by atoms with E-state index >= 15 is 0 Å². The average molecular weight is 426 g/mol. The zero-order valence-corrected chi connectivity index (χ0v) is 17.7. The maximum absolute atomic E-state index is 12.1. The summed E-state index contributed by atoms with van der Waals surface area (Å²) in [6.07, 6.45) is 2.97. The molecule has 1 aliphatic heterocycles. The molecular weight excluding hydrogens is 398 g/mol. The summed E-state index contributed by atoms with van der Waals surface area (Å²) in [7, 11) is -1.56. The molecule has 1 aromatic rings. The molecule has 0 spiro atoms. The molecule has 0 saturated carbocycles. The maximum atomic E-state index is 12.1. The Hall–Kier alpha value is -2.55. The summed E-state index contributed by atoms with van der Waals surface area (Å²) in [4.78, 5) is 24.1. The van der Waals surface area contributed by atoms with E-state index in [9.17, 15) is 18.0 Å². The highest BCUT2D eigenvalue weighted by molar-refractivity contribution is 7.91. The molecular formula is C20H27NO7S. The minimum absolute atomic E-state index is 0.0561. The average Bonchev–Trinajstić information content (AvgIpc) is 3.03. The van der Waals surface area contributed by atoms with Crippen molar-refractivity contribution in [2.75, 3.05) is 25.2 Å². The third kappa shape index (κ3) is 7.08. The lowest BCUT2D eigenvalue weighted by Crippen LogP contribution is -2.42. The summed E-state index contributed by atoms with van der Waals surface area (Å²) in [6, 6.07) is 4.81. The van der Waals surface area contributed by atoms with Crippen molar-refractivity contribution in [2.45, 2.75) is 38.8 Å². The number of ether oxygens (including phenoxy) is 3. The lowest BCUT2D eigenvalue weighted by molar-refractivity contribution is -0.150. The molecule has 1 fully saturated rings. The van der Waals surface area contributed by atoms with Gasteiger partial charge < -0.3 is 19.5 Å². The van der Waals surface area contributed by atoms with Crippen LogP contribution in [0.3, 0.4) is 0 Å². The molecule has 0 unspecified atom stereocenters. The SMILES string of the molecule is CCCOc1ccc(/C=C/C(=O)O[C@H](C)C(=O)N[C@@H]2CCS(=O)(=O)C2)cc1OC. The molecule has 2 atom stereocenters. The van der Waals surface area contributed by atoms with Gasteiger partial charge in [0.05, 0.1) is 25.2 Å². The van der Waals surface area contributed by atoms with Crippen molar-refractivity contribution in [1.82, 2.24) is 5.32 Å². The second kappa shape index (κ2) is 10.3. The number of benzene rings is 1. The number of rotatable bonds is 9. The van der Waals surface area contributed by atoms with Crippen molar-refractivity contribution in [3.8, 4) is 11.5 Å². The second-order valence-electron chi connectivity index (χ2n) is 6.78. The van der Waals surface area contributed by atoms with Gasteiger partial charge in [-0.25, -0.2) is 13.2 Å². The number of esters is 1. The van der Waals surface area contributed by atoms with Crippen molar-refractivity contribution in [1.29, 1.82) is 0 Å². The van der Waals surface area contributed by atoms with Gasteiger partial charge in [0, 0.05) is 12.1 Å². The molecule has 1 heterocycles. The van der Waals surface area contributed by atoms with E-state index in [1.54, 1.807) is 24.3 Å². The number of hydrogen-bond donors (Lipinski definition) is 1. The molecule has 8 nitrogen and oxygen atoms in total. The van der Waals surface area contributed by atoms with Gasteiger partial charge in [0.25, 0.3) is 5.91 Å². The van der Waals surface area contributed by atoms with Crippen molar-refractivity contribution >= 4 is 27.8 Å². The summed E-state index contributed by atoms with van der Waals surface area (Å²) in [5.41, 5.74) is 0.705. The molecule has 0 radical (unpaired) electrons. The Morgan fingerprint density at radius 1 is 1.31 bits per heavy atom. The Bertz CT molecular complexity index is 864. The van der Waals surface area contributed by atoms with Crippen molar-refractivity contribution in [2.24, 2.45) is 0 Å². The molecule has 0 bridgehead atoms. The Labute approximate surface area is 171 Å². The second-order valence-corrected chi connectivity index (χ2v) is 9.01. The third-order valence-corrected chi connectivity index (χ3v) is 6.07. The molecule has 2 rings (SSSR count). The lowest BCUT2D eigenvalue weighted by atomic mass is 10.2. The number of hydrogen-bond acceptors (Lipinski definition) is 7. The Morgan fingerprint density at radius 2 is 2.07 bits per heavy atom. The predicted octanol–water partition coefficient (Wildman–Crippen LogP) is 1.73. The highest BCUT2D eigenvalue weighted by Crippen LogP contribution is 2.28. The highest BCUT2D eigenvalue weighted by Gasteiger charge is 2.30. The van der Waals surface area contributed by atoms with Crippen LogP contribution in [0.1, 0.15) is 32.3 Å². The van der Waals surface area contributed by atoms with Crippen LogP contribution in [0, 0.1) is 0 Å². The molecule has 1 saturated heterocycles. The quantitative estimate of drug-likeness (QED) is 0.474. The number of carbonyl (C=O) groups is 2. The zero-order valence-electron chi connectivity index (χ0n) is 16.8. The fraction of sp³-hybridized carbons (Fsp3) is 0.500. The summed E-state index contributed by atoms with van der Waals surface area (Å²) in [5, 5.41) is 2.60. The minimum atomic E-state index is -3.10. The van der Waals surface area contributed by atoms with Gasteiger partial charge in [-0.3, -0.25) is 4.79 Å². The van der Waals surface area contributed by atoms with Gasteiger partial charge in [-0.15, -0.1) is 0 Å². The first-order valence-electron chi connectivity index (χ1n) is 9.44. The van der Waals surface area contributed by atoms with Crippen LogP contribution in [-0.2, 0) is 24.2 Å². The molecule has 160 valence electrons. The maximum Gasteiger partial charge on any atom is 0.331 e. The molecule has 0 aromatic heterocycles. The van der Waals surface area contributed by atoms with E-state index in [1.807, 2.05) is 6.92 Å². The van der Waals surface area contributed by atoms with Gasteiger partial charge in [0.2, 0.25) is 0 Å². The first-order valence-corrected chi connectivity index (χ1v) is 11.3. The van der Waals surface area contributed by atoms with Crippen molar-refractivity contribution in [3.63, 3.8) is 0 Å². The normalized spacial score (nSPS) is 18.9. The Morgan fingerprint density at radius 3 is 2.69 bits per heavy atom. The van der Waals surface area contributed by atoms with Gasteiger partial charge in [0.1, 0.15) is 0 Å². The Kier molecular flexibility index (Phi) is 8.07. The van der Waals surface area contributed by atoms with E-state index < -0.39 is 33.9 Å². The van der Waals surface area contributed by atoms with Crippen molar-refractivity contribution in [3.05, 3.63) is 29.8 Å². The Balaban J connectivity index is 1.89. The predicted molar refractivity (Wildman–Crippen MR) is 109 cm³/mol. The van der Waals surface area contributed by atoms with Gasteiger partial charge in [0.15, 0.2) is 27.4 Å². The largest absolute Gasteiger partial charge is 0.493 e. The molecule has 1 aromatic carbocycles. The number of carbonyl (C=O) groups excluding carboxylic acids is 2. The molecule has 1 aliphatic rings. The number of methoxy groups -OCH3 is 1. The molecule has 0 aliphatic carbocycles. The standard InChI is InChI=1S/C20H27NO7S/c1-4-10-27-17-7-5-15(12-18(17)26-3)6-8-19(22)28-14(2)20(23)21-16-9-11-29(24,25)13-16/h5-8,12,14,16H,4,9-11,13H2,1-3H3,(H,21,23)/b8-6+/t14-,16-/m1/s1. The topological polar surface area (TPSA) is 108 Å². The zero-order chi connectivity index (χ0) is 21.4.